The molecule has 0 radical (unpaired) electrons. The maximum absolute atomic E-state index is 12.7. The molecule has 1 saturated carbocycles. The molecule has 0 bridgehead atoms. The van der Waals surface area contributed by atoms with E-state index in [0.29, 0.717) is 52.7 Å². The van der Waals surface area contributed by atoms with E-state index in [1.165, 1.54) is 11.6 Å². The average Bonchev–Trinajstić information content (AvgIpc) is 3.50. The summed E-state index contributed by atoms with van der Waals surface area (Å²) in [4.78, 5) is 57.6. The van der Waals surface area contributed by atoms with Gasteiger partial charge in [-0.3, -0.25) is 29.2 Å². The van der Waals surface area contributed by atoms with E-state index >= 15 is 0 Å². The number of aromatic nitrogens is 5. The molecule has 54 heavy (non-hydrogen) atoms. The monoisotopic (exact) mass is 754 g/mol. The Morgan fingerprint density at radius 2 is 1.69 bits per heavy atom. The number of amides is 3. The lowest BCUT2D eigenvalue weighted by Crippen LogP contribution is -2.39. The Morgan fingerprint density at radius 3 is 2.43 bits per heavy atom. The van der Waals surface area contributed by atoms with Crippen LogP contribution < -0.4 is 36.9 Å². The lowest BCUT2D eigenvalue weighted by atomic mass is 9.82. The van der Waals surface area contributed by atoms with E-state index < -0.39 is 5.92 Å². The first kappa shape index (κ1) is 36.6. The summed E-state index contributed by atoms with van der Waals surface area (Å²) in [5.74, 6) is 0.769. The molecule has 4 heterocycles. The number of ether oxygens (including phenoxy) is 1. The molecule has 3 aromatic heterocycles. The molecule has 0 spiro atoms. The van der Waals surface area contributed by atoms with Gasteiger partial charge in [0.1, 0.15) is 5.02 Å². The Balaban J connectivity index is 0.912. The first-order valence-corrected chi connectivity index (χ1v) is 18.5. The van der Waals surface area contributed by atoms with Gasteiger partial charge in [-0.25, -0.2) is 4.98 Å². The van der Waals surface area contributed by atoms with Crippen LogP contribution in [0.4, 0.5) is 23.1 Å². The van der Waals surface area contributed by atoms with Crippen LogP contribution in [0.15, 0.2) is 53.5 Å². The van der Waals surface area contributed by atoms with Crippen molar-refractivity contribution >= 4 is 74.3 Å². The molecule has 5 aromatic rings. The number of nitrogens with zero attached hydrogens (tertiary/aromatic N) is 5. The van der Waals surface area contributed by atoms with Crippen LogP contribution >= 0.6 is 11.6 Å². The lowest BCUT2D eigenvalue weighted by Gasteiger charge is -2.29. The number of imide groups is 1. The van der Waals surface area contributed by atoms with Crippen LogP contribution in [0.2, 0.25) is 5.02 Å². The third-order valence-electron chi connectivity index (χ3n) is 10.4. The highest BCUT2D eigenvalue weighted by molar-refractivity contribution is 6.33. The second-order valence-corrected chi connectivity index (χ2v) is 14.4. The van der Waals surface area contributed by atoms with E-state index in [-0.39, 0.29) is 35.6 Å². The first-order valence-electron chi connectivity index (χ1n) is 18.1. The second kappa shape index (κ2) is 15.7. The van der Waals surface area contributed by atoms with Crippen LogP contribution in [0.3, 0.4) is 0 Å². The Bertz CT molecular complexity index is 2300. The minimum Gasteiger partial charge on any atom is -0.478 e. The highest BCUT2D eigenvalue weighted by atomic mass is 35.5. The average molecular weight is 755 g/mol. The number of pyridine rings is 1. The van der Waals surface area contributed by atoms with Crippen molar-refractivity contribution in [1.82, 2.24) is 34.9 Å². The largest absolute Gasteiger partial charge is 0.478 e. The van der Waals surface area contributed by atoms with E-state index in [2.05, 4.69) is 47.7 Å². The molecule has 2 aromatic carbocycles. The van der Waals surface area contributed by atoms with Gasteiger partial charge < -0.3 is 30.6 Å². The summed E-state index contributed by atoms with van der Waals surface area (Å²) in [7, 11) is 5.04. The maximum Gasteiger partial charge on any atom is 0.293 e. The fourth-order valence-electron chi connectivity index (χ4n) is 7.27. The Labute approximate surface area is 316 Å². The van der Waals surface area contributed by atoms with Gasteiger partial charge in [-0.15, -0.1) is 0 Å². The SMILES string of the molecule is CNC(=O)COc1cc2cc(Nc3nc(NC[C@H]4CC[C@H](CNc5ccc6c(C7CCC(=O)NC7=O)nn(C)c6c5)CC4)ncc3Cl)ccc2n(C)c1=O. The van der Waals surface area contributed by atoms with Crippen molar-refractivity contribution in [3.05, 3.63) is 69.7 Å². The van der Waals surface area contributed by atoms with Crippen molar-refractivity contribution in [1.29, 1.82) is 0 Å². The van der Waals surface area contributed by atoms with E-state index in [1.807, 2.05) is 37.4 Å². The summed E-state index contributed by atoms with van der Waals surface area (Å²) in [5, 5.41) is 21.9. The molecule has 5 N–H and O–H groups in total. The van der Waals surface area contributed by atoms with E-state index in [0.717, 1.165) is 66.4 Å². The van der Waals surface area contributed by atoms with Crippen molar-refractivity contribution in [2.45, 2.75) is 44.4 Å². The number of benzene rings is 2. The van der Waals surface area contributed by atoms with Gasteiger partial charge in [0.05, 0.1) is 28.8 Å². The van der Waals surface area contributed by atoms with Gasteiger partial charge in [0.2, 0.25) is 17.8 Å². The van der Waals surface area contributed by atoms with Crippen molar-refractivity contribution in [2.24, 2.45) is 25.9 Å². The quantitative estimate of drug-likeness (QED) is 0.112. The molecular formula is C38H43ClN10O5. The van der Waals surface area contributed by atoms with Crippen LogP contribution in [0.5, 0.6) is 5.75 Å². The van der Waals surface area contributed by atoms with E-state index in [9.17, 15) is 19.2 Å². The fraction of sp³-hybridized carbons (Fsp3) is 0.395. The van der Waals surface area contributed by atoms with Gasteiger partial charge in [-0.2, -0.15) is 10.1 Å². The summed E-state index contributed by atoms with van der Waals surface area (Å²) < 4.78 is 8.77. The molecular weight excluding hydrogens is 712 g/mol. The number of hydrogen-bond acceptors (Lipinski definition) is 11. The zero-order valence-corrected chi connectivity index (χ0v) is 31.1. The molecule has 1 saturated heterocycles. The highest BCUT2D eigenvalue weighted by Crippen LogP contribution is 2.33. The van der Waals surface area contributed by atoms with Crippen molar-refractivity contribution in [2.75, 3.05) is 42.7 Å². The number of rotatable bonds is 12. The van der Waals surface area contributed by atoms with Gasteiger partial charge in [0, 0.05) is 62.8 Å². The number of halogens is 1. The van der Waals surface area contributed by atoms with Crippen molar-refractivity contribution < 1.29 is 19.1 Å². The summed E-state index contributed by atoms with van der Waals surface area (Å²) in [5.41, 5.74) is 3.74. The van der Waals surface area contributed by atoms with Gasteiger partial charge in [-0.1, -0.05) is 11.6 Å². The minimum atomic E-state index is -0.422. The number of carbonyl (C=O) groups excluding carboxylic acids is 3. The molecule has 1 atom stereocenters. The Kier molecular flexibility index (Phi) is 10.7. The van der Waals surface area contributed by atoms with Crippen LogP contribution in [0, 0.1) is 11.8 Å². The standard InChI is InChI=1S/C38H43ClN10O5/c1-40-33(51)20-54-31-15-23-14-25(9-12-29(23)48(2)37(31)53)44-35-28(39)19-43-38(46-35)42-18-22-6-4-21(5-7-22)17-41-24-8-10-26-30(16-24)49(3)47-34(26)27-11-13-32(50)45-36(27)52/h8-10,12,14-16,19,21-22,27,41H,4-7,11,13,17-18,20H2,1-3H3,(H,40,51)(H,45,50,52)(H2,42,43,44,46)/t21-,22-,27?. The summed E-state index contributed by atoms with van der Waals surface area (Å²) >= 11 is 6.48. The number of nitrogens with one attached hydrogen (secondary N) is 5. The third-order valence-corrected chi connectivity index (χ3v) is 10.7. The summed E-state index contributed by atoms with van der Waals surface area (Å²) in [6, 6.07) is 13.3. The molecule has 15 nitrogen and oxygen atoms in total. The molecule has 1 aliphatic carbocycles. The van der Waals surface area contributed by atoms with Crippen molar-refractivity contribution in [3.63, 3.8) is 0 Å². The minimum absolute atomic E-state index is 0.0775. The number of anilines is 4. The van der Waals surface area contributed by atoms with Crippen LogP contribution in [0.25, 0.3) is 21.8 Å². The number of carbonyl (C=O) groups is 3. The smallest absolute Gasteiger partial charge is 0.293 e. The van der Waals surface area contributed by atoms with E-state index in [1.54, 1.807) is 24.0 Å². The molecule has 1 unspecified atom stereocenters. The van der Waals surface area contributed by atoms with Gasteiger partial charge >= 0.3 is 0 Å². The molecule has 3 amide bonds. The number of fused-ring (bicyclic) bond motifs is 2. The fourth-order valence-corrected chi connectivity index (χ4v) is 7.41. The Morgan fingerprint density at radius 1 is 0.944 bits per heavy atom. The number of likely N-dealkylation sites (N-methyl/N-ethyl adjacent to an activating group) is 1. The maximum atomic E-state index is 12.7. The number of aryl methyl sites for hydroxylation is 2. The van der Waals surface area contributed by atoms with Crippen LogP contribution in [0.1, 0.15) is 50.1 Å². The van der Waals surface area contributed by atoms with Crippen LogP contribution in [-0.4, -0.2) is 68.8 Å². The number of hydrogen-bond donors (Lipinski definition) is 5. The zero-order valence-electron chi connectivity index (χ0n) is 30.4. The van der Waals surface area contributed by atoms with Crippen molar-refractivity contribution in [3.8, 4) is 5.75 Å². The predicted molar refractivity (Wildman–Crippen MR) is 207 cm³/mol. The molecule has 16 heteroatoms. The first-order chi connectivity index (χ1) is 26.1. The normalized spacial score (nSPS) is 18.7. The third kappa shape index (κ3) is 7.95. The highest BCUT2D eigenvalue weighted by Gasteiger charge is 2.31. The van der Waals surface area contributed by atoms with Gasteiger partial charge in [0.15, 0.2) is 18.2 Å². The summed E-state index contributed by atoms with van der Waals surface area (Å²) in [6.45, 7) is 1.36. The van der Waals surface area contributed by atoms with E-state index in [4.69, 9.17) is 16.3 Å². The predicted octanol–water partition coefficient (Wildman–Crippen LogP) is 4.59. The molecule has 282 valence electrons. The van der Waals surface area contributed by atoms with Gasteiger partial charge in [-0.05, 0) is 86.4 Å². The lowest BCUT2D eigenvalue weighted by molar-refractivity contribution is -0.134. The molecule has 2 aliphatic rings. The van der Waals surface area contributed by atoms with Crippen LogP contribution in [-0.2, 0) is 28.5 Å². The van der Waals surface area contributed by atoms with Gasteiger partial charge in [0.25, 0.3) is 11.5 Å². The topological polar surface area (TPSA) is 186 Å². The molecule has 2 fully saturated rings. The zero-order chi connectivity index (χ0) is 37.9. The Hall–Kier alpha value is -5.70. The molecule has 1 aliphatic heterocycles. The number of piperidine rings is 1. The summed E-state index contributed by atoms with van der Waals surface area (Å²) in [6.07, 6.45) is 6.74. The second-order valence-electron chi connectivity index (χ2n) is 14.0. The molecule has 7 rings (SSSR count).